The van der Waals surface area contributed by atoms with Crippen LogP contribution in [0.4, 0.5) is 5.69 Å². The Hall–Kier alpha value is -1.72. The number of rotatable bonds is 11. The SMILES string of the molecule is CCC(=C/c1sc2ccc(Cl)cc2[n+]1CC(O)CS(=O)(=O)[O-])/C=C1/Sc2ccc(Cl)cc2N1CC(O)CS(=O)(=O)[O-]. The fourth-order valence-electron chi connectivity index (χ4n) is 4.30. The van der Waals surface area contributed by atoms with Crippen molar-refractivity contribution in [2.45, 2.75) is 37.0 Å². The summed E-state index contributed by atoms with van der Waals surface area (Å²) in [6, 6.07) is 10.4. The Labute approximate surface area is 256 Å². The van der Waals surface area contributed by atoms with Crippen LogP contribution < -0.4 is 9.47 Å². The van der Waals surface area contributed by atoms with Crippen molar-refractivity contribution >= 4 is 88.5 Å². The number of hydrogen-bond donors (Lipinski definition) is 2. The standard InChI is InChI=1S/C25H26Cl2N2O8S4/c1-2-15(7-24-28(11-18(30)13-40(32,33)34)20-9-16(26)3-5-22(20)38-24)8-25-29(12-19(31)14-41(35,36)37)21-10-17(27)4-6-23(21)39-25/h3-10,18-19,30-31H,2,11-14H2,1H3,(H-,32,33,34,35,36,37)/p-1. The number of β-amino-alcohol motifs (C(OH)–C–C–N with tert-alkyl or cyclic N) is 1. The summed E-state index contributed by atoms with van der Waals surface area (Å²) in [6.45, 7) is 1.59. The lowest BCUT2D eigenvalue weighted by atomic mass is 10.2. The smallest absolute Gasteiger partial charge is 0.263 e. The monoisotopic (exact) mass is 679 g/mol. The molecule has 2 N–H and O–H groups in total. The topological polar surface area (TPSA) is 162 Å². The van der Waals surface area contributed by atoms with Crippen LogP contribution in [0.25, 0.3) is 16.3 Å². The van der Waals surface area contributed by atoms with Gasteiger partial charge in [-0.15, -0.1) is 0 Å². The highest BCUT2D eigenvalue weighted by atomic mass is 35.5. The number of aliphatic hydroxyl groups is 2. The van der Waals surface area contributed by atoms with E-state index in [9.17, 15) is 36.2 Å². The van der Waals surface area contributed by atoms with Gasteiger partial charge in [0.2, 0.25) is 5.52 Å². The number of aromatic nitrogens is 1. The van der Waals surface area contributed by atoms with Crippen molar-refractivity contribution in [2.24, 2.45) is 0 Å². The Balaban J connectivity index is 1.75. The molecule has 2 heterocycles. The normalized spacial score (nSPS) is 16.9. The molecule has 0 amide bonds. The van der Waals surface area contributed by atoms with Gasteiger partial charge in [0.15, 0.2) is 6.54 Å². The first-order valence-corrected chi connectivity index (χ1v) is 17.7. The van der Waals surface area contributed by atoms with E-state index in [-0.39, 0.29) is 13.1 Å². The molecule has 0 bridgehead atoms. The number of allylic oxidation sites excluding steroid dienone is 2. The van der Waals surface area contributed by atoms with Crippen LogP contribution in [-0.2, 0) is 26.8 Å². The van der Waals surface area contributed by atoms with Crippen molar-refractivity contribution < 1.29 is 40.7 Å². The largest absolute Gasteiger partial charge is 0.748 e. The Morgan fingerprint density at radius 1 is 1.02 bits per heavy atom. The van der Waals surface area contributed by atoms with Crippen molar-refractivity contribution in [2.75, 3.05) is 23.0 Å². The number of fused-ring (bicyclic) bond motifs is 2. The lowest BCUT2D eigenvalue weighted by Crippen LogP contribution is -2.43. The summed E-state index contributed by atoms with van der Waals surface area (Å²) < 4.78 is 70.0. The van der Waals surface area contributed by atoms with E-state index < -0.39 is 43.9 Å². The molecular formula is C25H25Cl2N2O8S4-. The van der Waals surface area contributed by atoms with Crippen LogP contribution in [-0.4, -0.2) is 66.4 Å². The van der Waals surface area contributed by atoms with Crippen molar-refractivity contribution in [1.29, 1.82) is 0 Å². The summed E-state index contributed by atoms with van der Waals surface area (Å²) in [6.07, 6.45) is 1.36. The van der Waals surface area contributed by atoms with Crippen LogP contribution in [0.15, 0.2) is 58.0 Å². The van der Waals surface area contributed by atoms with Gasteiger partial charge in [-0.3, -0.25) is 0 Å². The number of anilines is 1. The van der Waals surface area contributed by atoms with Crippen LogP contribution in [0.3, 0.4) is 0 Å². The number of benzene rings is 2. The third kappa shape index (κ3) is 8.66. The number of aliphatic hydroxyl groups excluding tert-OH is 2. The second-order valence-corrected chi connectivity index (χ2v) is 15.2. The summed E-state index contributed by atoms with van der Waals surface area (Å²) in [7, 11) is -9.31. The zero-order valence-electron chi connectivity index (χ0n) is 21.4. The average Bonchev–Trinajstić information content (AvgIpc) is 3.33. The maximum Gasteiger partial charge on any atom is 0.263 e. The van der Waals surface area contributed by atoms with Gasteiger partial charge in [0.05, 0.1) is 55.1 Å². The molecule has 1 aliphatic heterocycles. The van der Waals surface area contributed by atoms with E-state index in [2.05, 4.69) is 0 Å². The third-order valence-corrected chi connectivity index (χ3v) is 10.3. The minimum atomic E-state index is -4.66. The highest BCUT2D eigenvalue weighted by molar-refractivity contribution is 8.03. The van der Waals surface area contributed by atoms with E-state index in [0.29, 0.717) is 37.7 Å². The fraction of sp³-hybridized carbons (Fsp3) is 0.320. The predicted molar refractivity (Wildman–Crippen MR) is 159 cm³/mol. The number of thioether (sulfide) groups is 1. The molecule has 3 aromatic rings. The molecule has 1 aromatic heterocycles. The zero-order valence-corrected chi connectivity index (χ0v) is 26.2. The first kappa shape index (κ1) is 32.2. The molecule has 0 fully saturated rings. The summed E-state index contributed by atoms with van der Waals surface area (Å²) in [4.78, 5) is 2.52. The molecule has 0 radical (unpaired) electrons. The predicted octanol–water partition coefficient (Wildman–Crippen LogP) is 3.55. The van der Waals surface area contributed by atoms with Crippen molar-refractivity contribution in [1.82, 2.24) is 0 Å². The maximum atomic E-state index is 11.2. The second kappa shape index (κ2) is 12.9. The van der Waals surface area contributed by atoms with E-state index in [4.69, 9.17) is 23.2 Å². The highest BCUT2D eigenvalue weighted by Crippen LogP contribution is 2.47. The number of thiazole rings is 1. The first-order valence-electron chi connectivity index (χ1n) is 12.1. The molecule has 2 unspecified atom stereocenters. The molecule has 2 atom stereocenters. The van der Waals surface area contributed by atoms with Crippen LogP contribution >= 0.6 is 46.3 Å². The third-order valence-electron chi connectivity index (χ3n) is 5.99. The van der Waals surface area contributed by atoms with E-state index in [1.54, 1.807) is 45.9 Å². The fourth-order valence-corrected chi connectivity index (χ4v) is 8.04. The van der Waals surface area contributed by atoms with Crippen molar-refractivity contribution in [3.8, 4) is 0 Å². The summed E-state index contributed by atoms with van der Waals surface area (Å²) in [5, 5.41) is 23.0. The highest BCUT2D eigenvalue weighted by Gasteiger charge is 2.29. The second-order valence-electron chi connectivity index (χ2n) is 9.30. The first-order chi connectivity index (χ1) is 19.1. The van der Waals surface area contributed by atoms with E-state index in [0.717, 1.165) is 15.2 Å². The van der Waals surface area contributed by atoms with E-state index in [1.165, 1.54) is 23.1 Å². The van der Waals surface area contributed by atoms with Gasteiger partial charge in [0.1, 0.15) is 10.8 Å². The van der Waals surface area contributed by atoms with Crippen LogP contribution in [0.2, 0.25) is 10.0 Å². The lowest BCUT2D eigenvalue weighted by molar-refractivity contribution is -0.675. The molecule has 1 aliphatic rings. The molecule has 41 heavy (non-hydrogen) atoms. The average molecular weight is 681 g/mol. The molecule has 10 nitrogen and oxygen atoms in total. The van der Waals surface area contributed by atoms with Gasteiger partial charge in [0.25, 0.3) is 5.01 Å². The Kier molecular flexibility index (Phi) is 10.1. The van der Waals surface area contributed by atoms with Gasteiger partial charge in [-0.2, -0.15) is 4.57 Å². The van der Waals surface area contributed by atoms with Crippen LogP contribution in [0.5, 0.6) is 0 Å². The Bertz CT molecular complexity index is 1740. The Morgan fingerprint density at radius 3 is 2.32 bits per heavy atom. The van der Waals surface area contributed by atoms with Crippen molar-refractivity contribution in [3.05, 3.63) is 68.1 Å². The van der Waals surface area contributed by atoms with Gasteiger partial charge in [0, 0.05) is 27.1 Å². The van der Waals surface area contributed by atoms with Crippen LogP contribution in [0.1, 0.15) is 18.4 Å². The molecule has 0 aliphatic carbocycles. The van der Waals surface area contributed by atoms with Gasteiger partial charge >= 0.3 is 0 Å². The molecule has 222 valence electrons. The number of nitrogens with zero attached hydrogens (tertiary/aromatic N) is 2. The van der Waals surface area contributed by atoms with Gasteiger partial charge in [-0.1, -0.05) is 53.2 Å². The minimum absolute atomic E-state index is 0.165. The van der Waals surface area contributed by atoms with Crippen LogP contribution in [0, 0.1) is 0 Å². The molecule has 2 aromatic carbocycles. The molecule has 0 spiro atoms. The molecule has 0 saturated heterocycles. The number of halogens is 2. The van der Waals surface area contributed by atoms with E-state index in [1.807, 2.05) is 19.1 Å². The van der Waals surface area contributed by atoms with Gasteiger partial charge < -0.3 is 24.2 Å². The molecule has 16 heteroatoms. The van der Waals surface area contributed by atoms with Gasteiger partial charge in [-0.05, 0) is 48.4 Å². The summed E-state index contributed by atoms with van der Waals surface area (Å²) in [5.74, 6) is -1.89. The quantitative estimate of drug-likeness (QED) is 0.226. The minimum Gasteiger partial charge on any atom is -0.748 e. The maximum absolute atomic E-state index is 11.2. The molecule has 4 rings (SSSR count). The molecule has 0 saturated carbocycles. The summed E-state index contributed by atoms with van der Waals surface area (Å²) in [5.41, 5.74) is 2.11. The summed E-state index contributed by atoms with van der Waals surface area (Å²) >= 11 is 15.2. The Morgan fingerprint density at radius 2 is 1.66 bits per heavy atom. The number of hydrogen-bond acceptors (Lipinski definition) is 11. The zero-order chi connectivity index (χ0) is 30.1. The van der Waals surface area contributed by atoms with Crippen molar-refractivity contribution in [3.63, 3.8) is 0 Å². The lowest BCUT2D eigenvalue weighted by Gasteiger charge is -2.24. The molecular weight excluding hydrogens is 655 g/mol. The van der Waals surface area contributed by atoms with Gasteiger partial charge in [-0.25, -0.2) is 16.8 Å². The van der Waals surface area contributed by atoms with E-state index >= 15 is 0 Å².